The van der Waals surface area contributed by atoms with Gasteiger partial charge in [0.25, 0.3) is 5.91 Å². The van der Waals surface area contributed by atoms with Gasteiger partial charge < -0.3 is 24.4 Å². The molecular weight excluding hydrogens is 442 g/mol. The Morgan fingerprint density at radius 3 is 2.55 bits per heavy atom. The molecule has 0 saturated heterocycles. The predicted octanol–water partition coefficient (Wildman–Crippen LogP) is 3.51. The Kier molecular flexibility index (Phi) is 7.09. The molecular formula is C24H25N3O5S. The molecule has 0 bridgehead atoms. The lowest BCUT2D eigenvalue weighted by atomic mass is 9.99. The maximum Gasteiger partial charge on any atom is 0.358 e. The number of aromatic nitrogens is 1. The number of hydrogen-bond acceptors (Lipinski definition) is 8. The Hall–Kier alpha value is -3.59. The van der Waals surface area contributed by atoms with Crippen LogP contribution in [-0.2, 0) is 29.0 Å². The number of benzene rings is 2. The van der Waals surface area contributed by atoms with Crippen LogP contribution in [0.15, 0.2) is 47.8 Å². The third-order valence-corrected chi connectivity index (χ3v) is 6.20. The van der Waals surface area contributed by atoms with E-state index in [1.807, 2.05) is 42.5 Å². The molecule has 172 valence electrons. The van der Waals surface area contributed by atoms with Crippen molar-refractivity contribution >= 4 is 28.3 Å². The molecule has 0 radical (unpaired) electrons. The van der Waals surface area contributed by atoms with Gasteiger partial charge in [0.05, 0.1) is 14.2 Å². The number of fused-ring (bicyclic) bond motifs is 1. The summed E-state index contributed by atoms with van der Waals surface area (Å²) in [6, 6.07) is 13.7. The highest BCUT2D eigenvalue weighted by Crippen LogP contribution is 2.33. The van der Waals surface area contributed by atoms with E-state index in [2.05, 4.69) is 10.3 Å². The summed E-state index contributed by atoms with van der Waals surface area (Å²) in [4.78, 5) is 31.0. The lowest BCUT2D eigenvalue weighted by Gasteiger charge is -2.29. The lowest BCUT2D eigenvalue weighted by Crippen LogP contribution is -2.38. The molecule has 0 atom stereocenters. The molecule has 1 N–H and O–H groups in total. The van der Waals surface area contributed by atoms with E-state index in [9.17, 15) is 9.59 Å². The first-order valence-electron chi connectivity index (χ1n) is 10.5. The smallest absolute Gasteiger partial charge is 0.358 e. The molecule has 3 aromatic rings. The lowest BCUT2D eigenvalue weighted by molar-refractivity contribution is -0.135. The van der Waals surface area contributed by atoms with E-state index in [-0.39, 0.29) is 18.2 Å². The molecule has 1 amide bonds. The van der Waals surface area contributed by atoms with Gasteiger partial charge in [0, 0.05) is 25.0 Å². The third-order valence-electron chi connectivity index (χ3n) is 5.40. The topological polar surface area (TPSA) is 90.0 Å². The molecule has 0 fully saturated rings. The van der Waals surface area contributed by atoms with Crippen molar-refractivity contribution in [2.75, 3.05) is 32.7 Å². The fourth-order valence-electron chi connectivity index (χ4n) is 3.61. The Morgan fingerprint density at radius 1 is 1.09 bits per heavy atom. The average Bonchev–Trinajstić information content (AvgIpc) is 3.34. The van der Waals surface area contributed by atoms with Crippen molar-refractivity contribution in [3.8, 4) is 11.5 Å². The fraction of sp³-hybridized carbons (Fsp3) is 0.292. The number of rotatable bonds is 8. The van der Waals surface area contributed by atoms with Gasteiger partial charge in [-0.3, -0.25) is 4.79 Å². The summed E-state index contributed by atoms with van der Waals surface area (Å²) in [5, 5.41) is 5.43. The fourth-order valence-corrected chi connectivity index (χ4v) is 4.29. The first-order chi connectivity index (χ1) is 16.1. The minimum atomic E-state index is -0.615. The van der Waals surface area contributed by atoms with Crippen LogP contribution in [0.4, 0.5) is 5.13 Å². The Balaban J connectivity index is 1.29. The first kappa shape index (κ1) is 22.6. The largest absolute Gasteiger partial charge is 0.493 e. The van der Waals surface area contributed by atoms with Crippen LogP contribution in [-0.4, -0.2) is 49.1 Å². The van der Waals surface area contributed by atoms with Crippen LogP contribution in [0.3, 0.4) is 0 Å². The number of amides is 1. The number of nitrogens with zero attached hydrogens (tertiary/aromatic N) is 2. The summed E-state index contributed by atoms with van der Waals surface area (Å²) in [7, 11) is 3.18. The maximum absolute atomic E-state index is 12.6. The first-order valence-corrected chi connectivity index (χ1v) is 11.4. The normalized spacial score (nSPS) is 12.6. The number of methoxy groups -OCH3 is 2. The highest BCUT2D eigenvalue weighted by atomic mass is 32.1. The van der Waals surface area contributed by atoms with Crippen molar-refractivity contribution in [3.63, 3.8) is 0 Å². The number of carbonyl (C=O) groups excluding carboxylic acids is 2. The molecule has 9 heteroatoms. The number of ether oxygens (including phenoxy) is 3. The van der Waals surface area contributed by atoms with Crippen molar-refractivity contribution < 1.29 is 23.8 Å². The van der Waals surface area contributed by atoms with E-state index in [4.69, 9.17) is 14.2 Å². The van der Waals surface area contributed by atoms with Gasteiger partial charge in [0.15, 0.2) is 28.9 Å². The van der Waals surface area contributed by atoms with E-state index in [1.165, 1.54) is 11.3 Å². The van der Waals surface area contributed by atoms with Crippen LogP contribution in [0.1, 0.15) is 27.2 Å². The van der Waals surface area contributed by atoms with Crippen LogP contribution in [0, 0.1) is 0 Å². The van der Waals surface area contributed by atoms with Gasteiger partial charge in [-0.2, -0.15) is 0 Å². The standard InChI is InChI=1S/C24H25N3O5S/c1-30-20-10-17-8-9-27(13-18(17)11-21(20)31-2)22(28)14-32-23(29)19-15-33-24(26-19)25-12-16-6-4-3-5-7-16/h3-7,10-11,15H,8-9,12-14H2,1-2H3,(H,25,26). The molecule has 0 saturated carbocycles. The molecule has 2 heterocycles. The zero-order valence-electron chi connectivity index (χ0n) is 18.5. The summed E-state index contributed by atoms with van der Waals surface area (Å²) in [6.07, 6.45) is 0.692. The second-order valence-corrected chi connectivity index (χ2v) is 8.35. The summed E-state index contributed by atoms with van der Waals surface area (Å²) >= 11 is 1.32. The quantitative estimate of drug-likeness (QED) is 0.507. The Morgan fingerprint density at radius 2 is 1.82 bits per heavy atom. The average molecular weight is 468 g/mol. The second kappa shape index (κ2) is 10.4. The van der Waals surface area contributed by atoms with Crippen LogP contribution >= 0.6 is 11.3 Å². The van der Waals surface area contributed by atoms with Gasteiger partial charge in [-0.25, -0.2) is 9.78 Å². The molecule has 8 nitrogen and oxygen atoms in total. The summed E-state index contributed by atoms with van der Waals surface area (Å²) in [5.41, 5.74) is 3.41. The summed E-state index contributed by atoms with van der Waals surface area (Å²) in [5.74, 6) is 0.431. The molecule has 0 aliphatic carbocycles. The van der Waals surface area contributed by atoms with Gasteiger partial charge in [0.1, 0.15) is 0 Å². The SMILES string of the molecule is COc1cc2c(cc1OC)CN(C(=O)COC(=O)c1csc(NCc3ccccc3)n1)CC2. The van der Waals surface area contributed by atoms with Gasteiger partial charge in [0.2, 0.25) is 0 Å². The van der Waals surface area contributed by atoms with E-state index in [0.717, 1.165) is 16.7 Å². The maximum atomic E-state index is 12.6. The highest BCUT2D eigenvalue weighted by Gasteiger charge is 2.24. The summed E-state index contributed by atoms with van der Waals surface area (Å²) < 4.78 is 15.9. The minimum Gasteiger partial charge on any atom is -0.493 e. The number of hydrogen-bond donors (Lipinski definition) is 1. The second-order valence-electron chi connectivity index (χ2n) is 7.49. The van der Waals surface area contributed by atoms with Crippen LogP contribution in [0.5, 0.6) is 11.5 Å². The zero-order valence-corrected chi connectivity index (χ0v) is 19.3. The zero-order chi connectivity index (χ0) is 23.2. The van der Waals surface area contributed by atoms with Crippen molar-refractivity contribution in [1.82, 2.24) is 9.88 Å². The molecule has 1 aliphatic heterocycles. The van der Waals surface area contributed by atoms with E-state index in [1.54, 1.807) is 24.5 Å². The molecule has 1 aliphatic rings. The number of carbonyl (C=O) groups is 2. The van der Waals surface area contributed by atoms with Crippen LogP contribution in [0.25, 0.3) is 0 Å². The number of thiazole rings is 1. The van der Waals surface area contributed by atoms with Gasteiger partial charge in [-0.05, 0) is 35.2 Å². The van der Waals surface area contributed by atoms with Gasteiger partial charge in [-0.15, -0.1) is 11.3 Å². The molecule has 2 aromatic carbocycles. The molecule has 0 spiro atoms. The molecule has 4 rings (SSSR count). The van der Waals surface area contributed by atoms with Gasteiger partial charge in [-0.1, -0.05) is 30.3 Å². The monoisotopic (exact) mass is 467 g/mol. The van der Waals surface area contributed by atoms with E-state index < -0.39 is 5.97 Å². The van der Waals surface area contributed by atoms with Gasteiger partial charge >= 0.3 is 5.97 Å². The molecule has 0 unspecified atom stereocenters. The number of esters is 1. The molecule has 1 aromatic heterocycles. The van der Waals surface area contributed by atoms with Crippen molar-refractivity contribution in [1.29, 1.82) is 0 Å². The van der Waals surface area contributed by atoms with Crippen molar-refractivity contribution in [3.05, 3.63) is 70.2 Å². The van der Waals surface area contributed by atoms with Crippen LogP contribution < -0.4 is 14.8 Å². The summed E-state index contributed by atoms with van der Waals surface area (Å²) in [6.45, 7) is 1.25. The Labute approximate surface area is 196 Å². The molecule has 33 heavy (non-hydrogen) atoms. The Bertz CT molecular complexity index is 1130. The van der Waals surface area contributed by atoms with E-state index >= 15 is 0 Å². The van der Waals surface area contributed by atoms with Crippen LogP contribution in [0.2, 0.25) is 0 Å². The number of anilines is 1. The minimum absolute atomic E-state index is 0.184. The van der Waals surface area contributed by atoms with Crippen molar-refractivity contribution in [2.24, 2.45) is 0 Å². The van der Waals surface area contributed by atoms with Crippen molar-refractivity contribution in [2.45, 2.75) is 19.5 Å². The van der Waals surface area contributed by atoms with E-state index in [0.29, 0.717) is 42.7 Å². The number of nitrogens with one attached hydrogen (secondary N) is 1. The highest BCUT2D eigenvalue weighted by molar-refractivity contribution is 7.13. The third kappa shape index (κ3) is 5.43. The predicted molar refractivity (Wildman–Crippen MR) is 125 cm³/mol.